The summed E-state index contributed by atoms with van der Waals surface area (Å²) in [5.41, 5.74) is 1.00. The van der Waals surface area contributed by atoms with Crippen LogP contribution in [0.15, 0.2) is 78.1 Å². The Morgan fingerprint density at radius 1 is 1.16 bits per heavy atom. The number of hydrogen-bond donors (Lipinski definition) is 2. The number of fused-ring (bicyclic) bond motifs is 2. The number of pyridine rings is 1. The Morgan fingerprint density at radius 3 is 2.78 bits per heavy atom. The minimum absolute atomic E-state index is 0.0935. The predicted molar refractivity (Wildman–Crippen MR) is 146 cm³/mol. The third-order valence-electron chi connectivity index (χ3n) is 7.08. The number of benzene rings is 2. The molecule has 0 amide bonds. The van der Waals surface area contributed by atoms with E-state index in [1.54, 1.807) is 25.4 Å². The highest BCUT2D eigenvalue weighted by atomic mass is 32.2. The lowest BCUT2D eigenvalue weighted by atomic mass is 9.67. The Labute approximate surface area is 221 Å². The molecule has 1 saturated carbocycles. The summed E-state index contributed by atoms with van der Waals surface area (Å²) in [7, 11) is -2.14. The minimum Gasteiger partial charge on any atom is -0.460 e. The summed E-state index contributed by atoms with van der Waals surface area (Å²) in [5.74, 6) is -0.650. The van der Waals surface area contributed by atoms with Crippen LogP contribution in [0.4, 0.5) is 0 Å². The van der Waals surface area contributed by atoms with Gasteiger partial charge in [0.2, 0.25) is 10.0 Å². The highest BCUT2D eigenvalue weighted by molar-refractivity contribution is 7.89. The van der Waals surface area contributed by atoms with Gasteiger partial charge < -0.3 is 14.5 Å². The van der Waals surface area contributed by atoms with E-state index in [4.69, 9.17) is 17.0 Å². The molecule has 2 atom stereocenters. The van der Waals surface area contributed by atoms with Crippen molar-refractivity contribution in [2.45, 2.75) is 42.1 Å². The summed E-state index contributed by atoms with van der Waals surface area (Å²) in [4.78, 5) is 18.0. The van der Waals surface area contributed by atoms with Crippen molar-refractivity contribution >= 4 is 49.6 Å². The highest BCUT2D eigenvalue weighted by Crippen LogP contribution is 2.42. The number of nitrogens with zero attached hydrogens (tertiary/aromatic N) is 2. The van der Waals surface area contributed by atoms with E-state index < -0.39 is 34.1 Å². The SMILES string of the molecule is CNC(=S)C1(c2ccc3nccn3c2)CCCCC1OC(=O)CNS(=O)(=O)c1ccc2ccccc2c1. The second kappa shape index (κ2) is 10.2. The third kappa shape index (κ3) is 4.84. The van der Waals surface area contributed by atoms with Gasteiger partial charge in [0, 0.05) is 25.6 Å². The number of carbonyl (C=O) groups excluding carboxylic acids is 1. The lowest BCUT2D eigenvalue weighted by molar-refractivity contribution is -0.151. The van der Waals surface area contributed by atoms with Crippen LogP contribution in [-0.2, 0) is 25.0 Å². The molecule has 4 aromatic rings. The first-order chi connectivity index (χ1) is 17.8. The quantitative estimate of drug-likeness (QED) is 0.274. The number of aromatic nitrogens is 2. The number of hydrogen-bond acceptors (Lipinski definition) is 6. The normalized spacial score (nSPS) is 20.1. The van der Waals surface area contributed by atoms with Crippen molar-refractivity contribution < 1.29 is 17.9 Å². The van der Waals surface area contributed by atoms with E-state index in [-0.39, 0.29) is 4.90 Å². The fraction of sp³-hybridized carbons (Fsp3) is 0.296. The average Bonchev–Trinajstić information content (AvgIpc) is 3.40. The van der Waals surface area contributed by atoms with Gasteiger partial charge in [-0.2, -0.15) is 4.72 Å². The van der Waals surface area contributed by atoms with E-state index >= 15 is 0 Å². The molecule has 1 fully saturated rings. The predicted octanol–water partition coefficient (Wildman–Crippen LogP) is 3.74. The van der Waals surface area contributed by atoms with Gasteiger partial charge in [-0.05, 0) is 53.8 Å². The monoisotopic (exact) mass is 536 g/mol. The van der Waals surface area contributed by atoms with Gasteiger partial charge in [-0.15, -0.1) is 0 Å². The summed E-state index contributed by atoms with van der Waals surface area (Å²) >= 11 is 5.79. The maximum atomic E-state index is 13.0. The molecule has 8 nitrogen and oxygen atoms in total. The van der Waals surface area contributed by atoms with E-state index in [9.17, 15) is 13.2 Å². The van der Waals surface area contributed by atoms with Crippen LogP contribution in [0.1, 0.15) is 31.2 Å². The largest absolute Gasteiger partial charge is 0.460 e. The molecule has 2 aromatic carbocycles. The maximum absolute atomic E-state index is 13.0. The lowest BCUT2D eigenvalue weighted by Crippen LogP contribution is -2.54. The zero-order valence-electron chi connectivity index (χ0n) is 20.4. The van der Waals surface area contributed by atoms with E-state index in [0.29, 0.717) is 17.8 Å². The molecule has 1 aliphatic carbocycles. The third-order valence-corrected chi connectivity index (χ3v) is 9.05. The average molecular weight is 537 g/mol. The summed E-state index contributed by atoms with van der Waals surface area (Å²) < 4.78 is 36.1. The van der Waals surface area contributed by atoms with Gasteiger partial charge in [0.1, 0.15) is 18.3 Å². The van der Waals surface area contributed by atoms with Crippen LogP contribution in [0.2, 0.25) is 0 Å². The van der Waals surface area contributed by atoms with Gasteiger partial charge >= 0.3 is 5.97 Å². The molecule has 2 heterocycles. The van der Waals surface area contributed by atoms with Crippen molar-refractivity contribution in [3.8, 4) is 0 Å². The smallest absolute Gasteiger partial charge is 0.321 e. The molecule has 2 aromatic heterocycles. The zero-order valence-corrected chi connectivity index (χ0v) is 22.0. The number of rotatable bonds is 7. The Hall–Kier alpha value is -3.34. The number of nitrogens with one attached hydrogen (secondary N) is 2. The summed E-state index contributed by atoms with van der Waals surface area (Å²) in [6.07, 6.45) is 8.14. The molecule has 10 heteroatoms. The highest BCUT2D eigenvalue weighted by Gasteiger charge is 2.48. The summed E-state index contributed by atoms with van der Waals surface area (Å²) in [5, 5.41) is 4.85. The van der Waals surface area contributed by atoms with Gasteiger partial charge in [0.05, 0.1) is 15.3 Å². The number of likely N-dealkylation sites (N-methyl/N-ethyl adjacent to an activating group) is 1. The number of carbonyl (C=O) groups is 1. The summed E-state index contributed by atoms with van der Waals surface area (Å²) in [6.45, 7) is -0.478. The molecule has 0 spiro atoms. The van der Waals surface area contributed by atoms with E-state index in [1.807, 2.05) is 53.2 Å². The molecule has 0 radical (unpaired) electrons. The Bertz CT molecular complexity index is 1580. The first kappa shape index (κ1) is 25.3. The van der Waals surface area contributed by atoms with Crippen LogP contribution in [-0.4, -0.2) is 48.5 Å². The topological polar surface area (TPSA) is 102 Å². The number of ether oxygens (including phenoxy) is 1. The van der Waals surface area contributed by atoms with Gasteiger partial charge in [-0.25, -0.2) is 13.4 Å². The molecule has 2 N–H and O–H groups in total. The molecule has 192 valence electrons. The van der Waals surface area contributed by atoms with Gasteiger partial charge in [0.25, 0.3) is 0 Å². The fourth-order valence-corrected chi connectivity index (χ4v) is 6.56. The van der Waals surface area contributed by atoms with E-state index in [2.05, 4.69) is 15.0 Å². The van der Waals surface area contributed by atoms with Crippen molar-refractivity contribution in [1.29, 1.82) is 0 Å². The molecular weight excluding hydrogens is 508 g/mol. The van der Waals surface area contributed by atoms with Crippen LogP contribution in [0.25, 0.3) is 16.4 Å². The summed E-state index contributed by atoms with van der Waals surface area (Å²) in [6, 6.07) is 16.2. The number of imidazole rings is 1. The molecule has 37 heavy (non-hydrogen) atoms. The Kier molecular flexibility index (Phi) is 6.98. The molecule has 5 rings (SSSR count). The standard InChI is InChI=1S/C27H28N4O4S2/c1-28-26(36)27(21-10-12-24-29-14-15-31(24)18-21)13-5-4-8-23(27)35-25(32)17-30-37(33,34)22-11-9-19-6-2-3-7-20(19)16-22/h2-3,6-7,9-12,14-16,18,23,30H,4-5,8,13,17H2,1H3,(H,28,36). The van der Waals surface area contributed by atoms with Crippen molar-refractivity contribution in [2.24, 2.45) is 0 Å². The van der Waals surface area contributed by atoms with Crippen LogP contribution in [0.3, 0.4) is 0 Å². The first-order valence-electron chi connectivity index (χ1n) is 12.2. The number of thiocarbonyl (C=S) groups is 1. The number of sulfonamides is 1. The van der Waals surface area contributed by atoms with Crippen molar-refractivity contribution in [3.63, 3.8) is 0 Å². The van der Waals surface area contributed by atoms with Crippen LogP contribution in [0, 0.1) is 0 Å². The van der Waals surface area contributed by atoms with Gasteiger partial charge in [-0.1, -0.05) is 55.0 Å². The van der Waals surface area contributed by atoms with Gasteiger partial charge in [0.15, 0.2) is 0 Å². The maximum Gasteiger partial charge on any atom is 0.321 e. The zero-order chi connectivity index (χ0) is 26.0. The fourth-order valence-electron chi connectivity index (χ4n) is 5.20. The molecule has 2 unspecified atom stereocenters. The van der Waals surface area contributed by atoms with Crippen molar-refractivity contribution in [2.75, 3.05) is 13.6 Å². The van der Waals surface area contributed by atoms with Crippen molar-refractivity contribution in [1.82, 2.24) is 19.4 Å². The molecule has 0 aliphatic heterocycles. The van der Waals surface area contributed by atoms with Crippen LogP contribution >= 0.6 is 12.2 Å². The van der Waals surface area contributed by atoms with Crippen LogP contribution < -0.4 is 10.0 Å². The van der Waals surface area contributed by atoms with E-state index in [1.165, 1.54) is 6.07 Å². The molecule has 0 saturated heterocycles. The van der Waals surface area contributed by atoms with Crippen LogP contribution in [0.5, 0.6) is 0 Å². The molecular formula is C27H28N4O4S2. The van der Waals surface area contributed by atoms with Gasteiger partial charge in [-0.3, -0.25) is 4.79 Å². The second-order valence-electron chi connectivity index (χ2n) is 9.22. The Balaban J connectivity index is 1.36. The Morgan fingerprint density at radius 2 is 1.97 bits per heavy atom. The second-order valence-corrected chi connectivity index (χ2v) is 11.4. The molecule has 1 aliphatic rings. The van der Waals surface area contributed by atoms with Crippen molar-refractivity contribution in [3.05, 3.63) is 78.8 Å². The minimum atomic E-state index is -3.91. The van der Waals surface area contributed by atoms with E-state index in [0.717, 1.165) is 34.8 Å². The first-order valence-corrected chi connectivity index (χ1v) is 14.1. The molecule has 0 bridgehead atoms. The lowest BCUT2D eigenvalue weighted by Gasteiger charge is -2.44. The number of esters is 1.